The van der Waals surface area contributed by atoms with Crippen molar-refractivity contribution < 1.29 is 9.90 Å². The van der Waals surface area contributed by atoms with E-state index in [0.29, 0.717) is 0 Å². The number of hydrogen-bond donors (Lipinski definition) is 2. The predicted molar refractivity (Wildman–Crippen MR) is 81.3 cm³/mol. The minimum Gasteiger partial charge on any atom is -0.481 e. The van der Waals surface area contributed by atoms with Gasteiger partial charge in [0.15, 0.2) is 0 Å². The van der Waals surface area contributed by atoms with E-state index in [-0.39, 0.29) is 12.5 Å². The molecule has 3 heteroatoms. The molecule has 0 aromatic carbocycles. The molecular weight excluding hydrogens is 238 g/mol. The number of hydrogen-bond acceptors (Lipinski definition) is 2. The summed E-state index contributed by atoms with van der Waals surface area (Å²) in [4.78, 5) is 10.4. The number of carbonyl (C=O) groups is 1. The molecule has 0 spiro atoms. The largest absolute Gasteiger partial charge is 0.481 e. The van der Waals surface area contributed by atoms with Gasteiger partial charge in [0.2, 0.25) is 0 Å². The molecule has 0 bridgehead atoms. The summed E-state index contributed by atoms with van der Waals surface area (Å²) in [5.41, 5.74) is 5.71. The molecule has 0 aromatic heterocycles. The van der Waals surface area contributed by atoms with Crippen molar-refractivity contribution in [3.63, 3.8) is 0 Å². The van der Waals surface area contributed by atoms with Gasteiger partial charge in [-0.15, -0.1) is 0 Å². The predicted octanol–water partition coefficient (Wildman–Crippen LogP) is 4.49. The monoisotopic (exact) mass is 271 g/mol. The Hall–Kier alpha value is -0.570. The number of rotatable bonds is 14. The normalized spacial score (nSPS) is 12.5. The van der Waals surface area contributed by atoms with E-state index >= 15 is 0 Å². The van der Waals surface area contributed by atoms with E-state index in [1.165, 1.54) is 64.2 Å². The van der Waals surface area contributed by atoms with Crippen LogP contribution >= 0.6 is 0 Å². The molecule has 0 rings (SSSR count). The van der Waals surface area contributed by atoms with Gasteiger partial charge in [-0.3, -0.25) is 4.79 Å². The van der Waals surface area contributed by atoms with Crippen LogP contribution in [0, 0.1) is 0 Å². The number of unbranched alkanes of at least 4 members (excludes halogenated alkanes) is 10. The average molecular weight is 271 g/mol. The van der Waals surface area contributed by atoms with Crippen LogP contribution in [0.5, 0.6) is 0 Å². The lowest BCUT2D eigenvalue weighted by Gasteiger charge is -2.08. The van der Waals surface area contributed by atoms with Gasteiger partial charge in [0, 0.05) is 6.04 Å². The Morgan fingerprint density at radius 3 is 1.74 bits per heavy atom. The quantitative estimate of drug-likeness (QED) is 0.457. The lowest BCUT2D eigenvalue weighted by Crippen LogP contribution is -2.23. The van der Waals surface area contributed by atoms with E-state index < -0.39 is 5.97 Å². The molecule has 1 unspecified atom stereocenters. The highest BCUT2D eigenvalue weighted by Gasteiger charge is 2.06. The van der Waals surface area contributed by atoms with Crippen molar-refractivity contribution in [2.75, 3.05) is 0 Å². The first-order valence-electron chi connectivity index (χ1n) is 8.14. The van der Waals surface area contributed by atoms with Gasteiger partial charge in [-0.25, -0.2) is 0 Å². The van der Waals surface area contributed by atoms with E-state index in [0.717, 1.165) is 12.8 Å². The van der Waals surface area contributed by atoms with Crippen molar-refractivity contribution in [3.05, 3.63) is 0 Å². The van der Waals surface area contributed by atoms with Crippen LogP contribution in [0.4, 0.5) is 0 Å². The molecule has 114 valence electrons. The third kappa shape index (κ3) is 15.4. The lowest BCUT2D eigenvalue weighted by atomic mass is 10.0. The Morgan fingerprint density at radius 1 is 0.895 bits per heavy atom. The standard InChI is InChI=1S/C16H33NO2/c1-2-3-4-5-6-7-8-9-10-11-12-13-15(17)14-16(18)19/h15H,2-14,17H2,1H3,(H,18,19). The molecule has 0 radical (unpaired) electrons. The van der Waals surface area contributed by atoms with E-state index in [1.807, 2.05) is 0 Å². The molecule has 0 amide bonds. The Kier molecular flexibility index (Phi) is 13.4. The van der Waals surface area contributed by atoms with Gasteiger partial charge in [-0.1, -0.05) is 77.6 Å². The SMILES string of the molecule is CCCCCCCCCCCCCC(N)CC(=O)O. The van der Waals surface area contributed by atoms with E-state index in [2.05, 4.69) is 6.92 Å². The van der Waals surface area contributed by atoms with Gasteiger partial charge in [0.25, 0.3) is 0 Å². The summed E-state index contributed by atoms with van der Waals surface area (Å²) in [5, 5.41) is 8.58. The van der Waals surface area contributed by atoms with Crippen LogP contribution < -0.4 is 5.73 Å². The molecule has 0 aliphatic rings. The van der Waals surface area contributed by atoms with Crippen LogP contribution in [0.1, 0.15) is 90.4 Å². The summed E-state index contributed by atoms with van der Waals surface area (Å²) < 4.78 is 0. The van der Waals surface area contributed by atoms with Crippen molar-refractivity contribution in [1.29, 1.82) is 0 Å². The average Bonchev–Trinajstić information content (AvgIpc) is 2.35. The van der Waals surface area contributed by atoms with E-state index in [9.17, 15) is 4.79 Å². The highest BCUT2D eigenvalue weighted by atomic mass is 16.4. The molecule has 19 heavy (non-hydrogen) atoms. The Bertz CT molecular complexity index is 207. The molecule has 1 atom stereocenters. The second kappa shape index (κ2) is 13.9. The molecule has 3 nitrogen and oxygen atoms in total. The second-order valence-corrected chi connectivity index (χ2v) is 5.68. The fraction of sp³-hybridized carbons (Fsp3) is 0.938. The first-order valence-corrected chi connectivity index (χ1v) is 8.14. The molecule has 0 saturated heterocycles. The summed E-state index contributed by atoms with van der Waals surface area (Å²) in [6, 6.07) is -0.156. The summed E-state index contributed by atoms with van der Waals surface area (Å²) >= 11 is 0. The third-order valence-electron chi connectivity index (χ3n) is 3.62. The molecule has 0 aliphatic carbocycles. The smallest absolute Gasteiger partial charge is 0.304 e. The first kappa shape index (κ1) is 18.4. The molecule has 0 aliphatic heterocycles. The topological polar surface area (TPSA) is 63.3 Å². The highest BCUT2D eigenvalue weighted by Crippen LogP contribution is 2.12. The van der Waals surface area contributed by atoms with Crippen molar-refractivity contribution >= 4 is 5.97 Å². The van der Waals surface area contributed by atoms with Crippen LogP contribution in [0.2, 0.25) is 0 Å². The summed E-state index contributed by atoms with van der Waals surface area (Å²) in [6.45, 7) is 2.25. The second-order valence-electron chi connectivity index (χ2n) is 5.68. The number of carboxylic acid groups (broad SMARTS) is 1. The highest BCUT2D eigenvalue weighted by molar-refractivity contribution is 5.67. The molecule has 0 saturated carbocycles. The van der Waals surface area contributed by atoms with Gasteiger partial charge < -0.3 is 10.8 Å². The van der Waals surface area contributed by atoms with Crippen LogP contribution in [-0.4, -0.2) is 17.1 Å². The molecule has 0 aromatic rings. The van der Waals surface area contributed by atoms with Crippen LogP contribution in [-0.2, 0) is 4.79 Å². The molecule has 0 heterocycles. The Morgan fingerprint density at radius 2 is 1.32 bits per heavy atom. The minimum absolute atomic E-state index is 0.109. The number of nitrogens with two attached hydrogens (primary N) is 1. The molecule has 0 fully saturated rings. The number of aliphatic carboxylic acids is 1. The van der Waals surface area contributed by atoms with Crippen molar-refractivity contribution in [1.82, 2.24) is 0 Å². The maximum absolute atomic E-state index is 10.4. The summed E-state index contributed by atoms with van der Waals surface area (Å²) in [5.74, 6) is -0.782. The van der Waals surface area contributed by atoms with Gasteiger partial charge in [-0.05, 0) is 6.42 Å². The third-order valence-corrected chi connectivity index (χ3v) is 3.62. The first-order chi connectivity index (χ1) is 9.16. The number of carboxylic acids is 1. The zero-order chi connectivity index (χ0) is 14.3. The van der Waals surface area contributed by atoms with Crippen LogP contribution in [0.3, 0.4) is 0 Å². The van der Waals surface area contributed by atoms with Gasteiger partial charge in [0.05, 0.1) is 6.42 Å². The van der Waals surface area contributed by atoms with Crippen LogP contribution in [0.15, 0.2) is 0 Å². The summed E-state index contributed by atoms with van der Waals surface area (Å²) in [6.07, 6.45) is 15.5. The summed E-state index contributed by atoms with van der Waals surface area (Å²) in [7, 11) is 0. The van der Waals surface area contributed by atoms with Gasteiger partial charge in [-0.2, -0.15) is 0 Å². The molecular formula is C16H33NO2. The zero-order valence-corrected chi connectivity index (χ0v) is 12.7. The van der Waals surface area contributed by atoms with Crippen LogP contribution in [0.25, 0.3) is 0 Å². The van der Waals surface area contributed by atoms with E-state index in [1.54, 1.807) is 0 Å². The fourth-order valence-corrected chi connectivity index (χ4v) is 2.40. The Labute approximate surface area is 119 Å². The van der Waals surface area contributed by atoms with E-state index in [4.69, 9.17) is 10.8 Å². The van der Waals surface area contributed by atoms with Crippen molar-refractivity contribution in [2.45, 2.75) is 96.4 Å². The maximum Gasteiger partial charge on any atom is 0.304 e. The Balaban J connectivity index is 3.08. The zero-order valence-electron chi connectivity index (χ0n) is 12.7. The van der Waals surface area contributed by atoms with Crippen molar-refractivity contribution in [3.8, 4) is 0 Å². The molecule has 3 N–H and O–H groups in total. The van der Waals surface area contributed by atoms with Gasteiger partial charge >= 0.3 is 5.97 Å². The fourth-order valence-electron chi connectivity index (χ4n) is 2.40. The van der Waals surface area contributed by atoms with Gasteiger partial charge in [0.1, 0.15) is 0 Å². The lowest BCUT2D eigenvalue weighted by molar-refractivity contribution is -0.137. The maximum atomic E-state index is 10.4. The minimum atomic E-state index is -0.782. The van der Waals surface area contributed by atoms with Crippen molar-refractivity contribution in [2.24, 2.45) is 5.73 Å².